The van der Waals surface area contributed by atoms with Gasteiger partial charge in [-0.05, 0) is 35.4 Å². The highest BCUT2D eigenvalue weighted by molar-refractivity contribution is 7.10. The molecular weight excluding hydrogens is 308 g/mol. The number of urea groups is 1. The first-order chi connectivity index (χ1) is 11.2. The smallest absolute Gasteiger partial charge is 0.315 e. The van der Waals surface area contributed by atoms with E-state index >= 15 is 0 Å². The lowest BCUT2D eigenvalue weighted by atomic mass is 10.0. The van der Waals surface area contributed by atoms with Gasteiger partial charge in [-0.3, -0.25) is 0 Å². The summed E-state index contributed by atoms with van der Waals surface area (Å²) in [6.07, 6.45) is 1.82. The first-order valence-corrected chi connectivity index (χ1v) is 8.78. The fourth-order valence-electron chi connectivity index (χ4n) is 2.32. The number of methoxy groups -OCH3 is 1. The monoisotopic (exact) mass is 332 g/mol. The third-order valence-electron chi connectivity index (χ3n) is 3.64. The Hall–Kier alpha value is -1.85. The largest absolute Gasteiger partial charge is 0.385 e. The standard InChI is InChI=1S/C18H24N2O2S/c1-3-14-7-9-15(10-8-14)17(16-6-4-13-23-16)20-18(21)19-11-5-12-22-2/h4,6-10,13,17H,3,5,11-12H2,1-2H3,(H2,19,20,21)/t17-/m0/s1. The zero-order chi connectivity index (χ0) is 16.5. The number of thiophene rings is 1. The number of ether oxygens (including phenoxy) is 1. The number of hydrogen-bond donors (Lipinski definition) is 2. The zero-order valence-electron chi connectivity index (χ0n) is 13.7. The molecule has 0 aliphatic carbocycles. The molecular formula is C18H24N2O2S. The molecule has 0 aliphatic rings. The normalized spacial score (nSPS) is 11.9. The van der Waals surface area contributed by atoms with Crippen LogP contribution in [0.1, 0.15) is 35.4 Å². The Labute approximate surface area is 141 Å². The lowest BCUT2D eigenvalue weighted by Gasteiger charge is -2.19. The summed E-state index contributed by atoms with van der Waals surface area (Å²) >= 11 is 1.65. The van der Waals surface area contributed by atoms with Gasteiger partial charge in [-0.15, -0.1) is 11.3 Å². The van der Waals surface area contributed by atoms with Crippen molar-refractivity contribution in [3.8, 4) is 0 Å². The van der Waals surface area contributed by atoms with E-state index in [0.29, 0.717) is 13.2 Å². The molecule has 2 aromatic rings. The lowest BCUT2D eigenvalue weighted by molar-refractivity contribution is 0.193. The molecule has 124 valence electrons. The molecule has 0 saturated heterocycles. The van der Waals surface area contributed by atoms with E-state index in [-0.39, 0.29) is 12.1 Å². The molecule has 1 aromatic heterocycles. The van der Waals surface area contributed by atoms with Gasteiger partial charge in [-0.25, -0.2) is 4.79 Å². The summed E-state index contributed by atoms with van der Waals surface area (Å²) in [5.41, 5.74) is 2.39. The first kappa shape index (κ1) is 17.5. The average molecular weight is 332 g/mol. The Morgan fingerprint density at radius 2 is 2.04 bits per heavy atom. The Bertz CT molecular complexity index is 582. The number of hydrogen-bond acceptors (Lipinski definition) is 3. The van der Waals surface area contributed by atoms with Crippen molar-refractivity contribution < 1.29 is 9.53 Å². The van der Waals surface area contributed by atoms with Gasteiger partial charge in [0, 0.05) is 25.1 Å². The number of aryl methyl sites for hydroxylation is 1. The van der Waals surface area contributed by atoms with Crippen molar-refractivity contribution in [1.29, 1.82) is 0 Å². The van der Waals surface area contributed by atoms with Crippen LogP contribution in [0.3, 0.4) is 0 Å². The number of rotatable bonds is 8. The van der Waals surface area contributed by atoms with Gasteiger partial charge in [0.1, 0.15) is 0 Å². The second-order valence-corrected chi connectivity index (χ2v) is 6.27. The highest BCUT2D eigenvalue weighted by Crippen LogP contribution is 2.26. The molecule has 0 spiro atoms. The summed E-state index contributed by atoms with van der Waals surface area (Å²) in [4.78, 5) is 13.3. The quantitative estimate of drug-likeness (QED) is 0.724. The van der Waals surface area contributed by atoms with E-state index in [1.807, 2.05) is 17.5 Å². The Morgan fingerprint density at radius 1 is 1.26 bits per heavy atom. The van der Waals surface area contributed by atoms with Gasteiger partial charge in [0.25, 0.3) is 0 Å². The minimum Gasteiger partial charge on any atom is -0.385 e. The van der Waals surface area contributed by atoms with Crippen LogP contribution < -0.4 is 10.6 Å². The van der Waals surface area contributed by atoms with E-state index in [9.17, 15) is 4.79 Å². The molecule has 0 unspecified atom stereocenters. The maximum Gasteiger partial charge on any atom is 0.315 e. The van der Waals surface area contributed by atoms with Gasteiger partial charge in [-0.2, -0.15) is 0 Å². The van der Waals surface area contributed by atoms with E-state index in [1.54, 1.807) is 18.4 Å². The molecule has 2 N–H and O–H groups in total. The summed E-state index contributed by atoms with van der Waals surface area (Å²) in [6.45, 7) is 3.39. The van der Waals surface area contributed by atoms with Gasteiger partial charge in [-0.1, -0.05) is 37.3 Å². The minimum atomic E-state index is -0.154. The molecule has 4 nitrogen and oxygen atoms in total. The molecule has 23 heavy (non-hydrogen) atoms. The number of nitrogens with one attached hydrogen (secondary N) is 2. The Balaban J connectivity index is 2.04. The Morgan fingerprint density at radius 3 is 2.65 bits per heavy atom. The van der Waals surface area contributed by atoms with Crippen molar-refractivity contribution in [2.24, 2.45) is 0 Å². The second-order valence-electron chi connectivity index (χ2n) is 5.29. The van der Waals surface area contributed by atoms with Crippen molar-refractivity contribution in [1.82, 2.24) is 10.6 Å². The van der Waals surface area contributed by atoms with Crippen molar-refractivity contribution in [3.63, 3.8) is 0 Å². The van der Waals surface area contributed by atoms with E-state index in [4.69, 9.17) is 4.74 Å². The summed E-state index contributed by atoms with van der Waals surface area (Å²) in [5, 5.41) is 7.98. The molecule has 2 amide bonds. The van der Waals surface area contributed by atoms with Crippen LogP contribution in [0.2, 0.25) is 0 Å². The van der Waals surface area contributed by atoms with Gasteiger partial charge in [0.15, 0.2) is 0 Å². The molecule has 0 fully saturated rings. The summed E-state index contributed by atoms with van der Waals surface area (Å²) in [5.74, 6) is 0. The molecule has 0 saturated carbocycles. The van der Waals surface area contributed by atoms with Crippen molar-refractivity contribution in [2.75, 3.05) is 20.3 Å². The fraction of sp³-hybridized carbons (Fsp3) is 0.389. The van der Waals surface area contributed by atoms with Crippen LogP contribution >= 0.6 is 11.3 Å². The van der Waals surface area contributed by atoms with Crippen molar-refractivity contribution in [2.45, 2.75) is 25.8 Å². The maximum absolute atomic E-state index is 12.1. The number of carbonyl (C=O) groups is 1. The van der Waals surface area contributed by atoms with E-state index < -0.39 is 0 Å². The van der Waals surface area contributed by atoms with Crippen molar-refractivity contribution in [3.05, 3.63) is 57.8 Å². The highest BCUT2D eigenvalue weighted by atomic mass is 32.1. The van der Waals surface area contributed by atoms with Gasteiger partial charge >= 0.3 is 6.03 Å². The number of benzene rings is 1. The molecule has 5 heteroatoms. The first-order valence-electron chi connectivity index (χ1n) is 7.90. The van der Waals surface area contributed by atoms with Crippen LogP contribution in [-0.4, -0.2) is 26.3 Å². The highest BCUT2D eigenvalue weighted by Gasteiger charge is 2.17. The number of carbonyl (C=O) groups excluding carboxylic acids is 1. The van der Waals surface area contributed by atoms with Crippen LogP contribution in [0.15, 0.2) is 41.8 Å². The SMILES string of the molecule is CCc1ccc([C@H](NC(=O)NCCCOC)c2cccs2)cc1. The maximum atomic E-state index is 12.1. The molecule has 1 heterocycles. The molecule has 1 aromatic carbocycles. The predicted molar refractivity (Wildman–Crippen MR) is 95.0 cm³/mol. The summed E-state index contributed by atoms with van der Waals surface area (Å²) < 4.78 is 4.98. The average Bonchev–Trinajstić information content (AvgIpc) is 3.11. The topological polar surface area (TPSA) is 50.4 Å². The van der Waals surface area contributed by atoms with Crippen LogP contribution in [0.4, 0.5) is 4.79 Å². The van der Waals surface area contributed by atoms with Crippen molar-refractivity contribution >= 4 is 17.4 Å². The predicted octanol–water partition coefficient (Wildman–Crippen LogP) is 3.74. The zero-order valence-corrected chi connectivity index (χ0v) is 14.5. The van der Waals surface area contributed by atoms with E-state index in [2.05, 4.69) is 41.8 Å². The molecule has 2 rings (SSSR count). The minimum absolute atomic E-state index is 0.122. The van der Waals surface area contributed by atoms with Crippen LogP contribution in [-0.2, 0) is 11.2 Å². The summed E-state index contributed by atoms with van der Waals surface area (Å²) in [7, 11) is 1.66. The van der Waals surface area contributed by atoms with Gasteiger partial charge in [0.2, 0.25) is 0 Å². The number of amides is 2. The third-order valence-corrected chi connectivity index (χ3v) is 4.57. The van der Waals surface area contributed by atoms with Gasteiger partial charge < -0.3 is 15.4 Å². The van der Waals surface area contributed by atoms with Gasteiger partial charge in [0.05, 0.1) is 6.04 Å². The molecule has 0 bridgehead atoms. The molecule has 1 atom stereocenters. The Kier molecular flexibility index (Phi) is 7.10. The third kappa shape index (κ3) is 5.37. The molecule has 0 aliphatic heterocycles. The summed E-state index contributed by atoms with van der Waals surface area (Å²) in [6, 6.07) is 12.2. The molecule has 0 radical (unpaired) electrons. The van der Waals surface area contributed by atoms with Crippen LogP contribution in [0, 0.1) is 0 Å². The lowest BCUT2D eigenvalue weighted by Crippen LogP contribution is -2.38. The second kappa shape index (κ2) is 9.33. The fourth-order valence-corrected chi connectivity index (χ4v) is 3.12. The van der Waals surface area contributed by atoms with Crippen LogP contribution in [0.25, 0.3) is 0 Å². The van der Waals surface area contributed by atoms with E-state index in [0.717, 1.165) is 23.3 Å². The van der Waals surface area contributed by atoms with Crippen LogP contribution in [0.5, 0.6) is 0 Å². The van der Waals surface area contributed by atoms with E-state index in [1.165, 1.54) is 5.56 Å².